The molecule has 28 heavy (non-hydrogen) atoms. The van der Waals surface area contributed by atoms with E-state index in [1.807, 2.05) is 24.3 Å². The Bertz CT molecular complexity index is 933. The molecule has 0 radical (unpaired) electrons. The summed E-state index contributed by atoms with van der Waals surface area (Å²) in [5.74, 6) is 1.38. The summed E-state index contributed by atoms with van der Waals surface area (Å²) in [6, 6.07) is 13.3. The number of aryl methyl sites for hydroxylation is 1. The van der Waals surface area contributed by atoms with Gasteiger partial charge in [0.1, 0.15) is 12.2 Å². The molecule has 0 unspecified atom stereocenters. The molecule has 0 saturated heterocycles. The molecule has 0 bridgehead atoms. The molecule has 4 heteroatoms. The van der Waals surface area contributed by atoms with Gasteiger partial charge < -0.3 is 14.2 Å². The second-order valence-corrected chi connectivity index (χ2v) is 7.89. The van der Waals surface area contributed by atoms with Crippen molar-refractivity contribution in [2.24, 2.45) is 0 Å². The van der Waals surface area contributed by atoms with Crippen molar-refractivity contribution in [3.63, 3.8) is 0 Å². The SMILES string of the molecule is COc1ccc2c3c1O[C@H]1C[C@@H](OC(=O)c4ccccc4)C=C[C@@]31CCCC2. The fourth-order valence-electron chi connectivity index (χ4n) is 5.00. The molecule has 0 saturated carbocycles. The van der Waals surface area contributed by atoms with Crippen LogP contribution in [-0.4, -0.2) is 25.3 Å². The van der Waals surface area contributed by atoms with Crippen LogP contribution < -0.4 is 9.47 Å². The number of carbonyl (C=O) groups is 1. The van der Waals surface area contributed by atoms with Gasteiger partial charge in [0.05, 0.1) is 18.1 Å². The van der Waals surface area contributed by atoms with Crippen molar-refractivity contribution in [1.29, 1.82) is 0 Å². The average molecular weight is 376 g/mol. The van der Waals surface area contributed by atoms with Crippen molar-refractivity contribution in [2.75, 3.05) is 7.11 Å². The van der Waals surface area contributed by atoms with E-state index < -0.39 is 0 Å². The Kier molecular flexibility index (Phi) is 4.15. The maximum absolute atomic E-state index is 12.5. The van der Waals surface area contributed by atoms with Gasteiger partial charge in [-0.1, -0.05) is 36.8 Å². The summed E-state index contributed by atoms with van der Waals surface area (Å²) in [5.41, 5.74) is 3.09. The fraction of sp³-hybridized carbons (Fsp3) is 0.375. The van der Waals surface area contributed by atoms with E-state index in [0.717, 1.165) is 30.8 Å². The molecular formula is C24H24O4. The molecule has 0 N–H and O–H groups in total. The maximum Gasteiger partial charge on any atom is 0.338 e. The highest BCUT2D eigenvalue weighted by molar-refractivity contribution is 5.89. The summed E-state index contributed by atoms with van der Waals surface area (Å²) in [4.78, 5) is 12.5. The summed E-state index contributed by atoms with van der Waals surface area (Å²) >= 11 is 0. The Labute approximate surface area is 165 Å². The van der Waals surface area contributed by atoms with Gasteiger partial charge in [-0.05, 0) is 49.1 Å². The molecular weight excluding hydrogens is 352 g/mol. The van der Waals surface area contributed by atoms with E-state index in [-0.39, 0.29) is 23.6 Å². The predicted octanol–water partition coefficient (Wildman–Crippen LogP) is 4.61. The normalized spacial score (nSPS) is 27.2. The van der Waals surface area contributed by atoms with E-state index >= 15 is 0 Å². The highest BCUT2D eigenvalue weighted by Crippen LogP contribution is 2.56. The lowest BCUT2D eigenvalue weighted by Gasteiger charge is -2.36. The largest absolute Gasteiger partial charge is 0.493 e. The number of methoxy groups -OCH3 is 1. The number of carbonyl (C=O) groups excluding carboxylic acids is 1. The zero-order valence-electron chi connectivity index (χ0n) is 16.0. The first-order chi connectivity index (χ1) is 13.7. The number of rotatable bonds is 3. The quantitative estimate of drug-likeness (QED) is 0.580. The van der Waals surface area contributed by atoms with Gasteiger partial charge in [0.15, 0.2) is 11.5 Å². The van der Waals surface area contributed by atoms with E-state index in [9.17, 15) is 4.79 Å². The van der Waals surface area contributed by atoms with Gasteiger partial charge in [-0.15, -0.1) is 0 Å². The van der Waals surface area contributed by atoms with Crippen molar-refractivity contribution in [3.05, 3.63) is 71.3 Å². The molecule has 0 amide bonds. The molecule has 1 spiro atoms. The molecule has 2 aromatic carbocycles. The summed E-state index contributed by atoms with van der Waals surface area (Å²) in [5, 5.41) is 0. The Hall–Kier alpha value is -2.75. The molecule has 1 heterocycles. The van der Waals surface area contributed by atoms with Crippen LogP contribution in [0.3, 0.4) is 0 Å². The molecule has 3 atom stereocenters. The fourth-order valence-corrected chi connectivity index (χ4v) is 5.00. The number of esters is 1. The summed E-state index contributed by atoms with van der Waals surface area (Å²) in [7, 11) is 1.69. The molecule has 4 nitrogen and oxygen atoms in total. The number of benzene rings is 2. The molecule has 0 fully saturated rings. The minimum absolute atomic E-state index is 0.0331. The zero-order chi connectivity index (χ0) is 19.1. The molecule has 144 valence electrons. The molecule has 0 aromatic heterocycles. The van der Waals surface area contributed by atoms with Crippen molar-refractivity contribution in [3.8, 4) is 11.5 Å². The second-order valence-electron chi connectivity index (χ2n) is 7.89. The van der Waals surface area contributed by atoms with Gasteiger partial charge in [0.2, 0.25) is 0 Å². The van der Waals surface area contributed by atoms with Crippen molar-refractivity contribution in [1.82, 2.24) is 0 Å². The first-order valence-corrected chi connectivity index (χ1v) is 10.0. The van der Waals surface area contributed by atoms with Crippen LogP contribution in [0.25, 0.3) is 0 Å². The van der Waals surface area contributed by atoms with E-state index in [1.54, 1.807) is 19.2 Å². The summed E-state index contributed by atoms with van der Waals surface area (Å²) < 4.78 is 17.8. The number of hydrogen-bond donors (Lipinski definition) is 0. The Balaban J connectivity index is 1.47. The minimum atomic E-state index is -0.291. The summed E-state index contributed by atoms with van der Waals surface area (Å²) in [6.45, 7) is 0. The van der Waals surface area contributed by atoms with Crippen LogP contribution in [0.1, 0.15) is 47.2 Å². The highest BCUT2D eigenvalue weighted by Gasteiger charge is 2.52. The highest BCUT2D eigenvalue weighted by atomic mass is 16.6. The Morgan fingerprint density at radius 1 is 1.14 bits per heavy atom. The lowest BCUT2D eigenvalue weighted by molar-refractivity contribution is 0.0220. The lowest BCUT2D eigenvalue weighted by Crippen LogP contribution is -2.42. The maximum atomic E-state index is 12.5. The third-order valence-corrected chi connectivity index (χ3v) is 6.34. The van der Waals surface area contributed by atoms with Crippen LogP contribution in [-0.2, 0) is 16.6 Å². The first-order valence-electron chi connectivity index (χ1n) is 10.0. The number of hydrogen-bond acceptors (Lipinski definition) is 4. The van der Waals surface area contributed by atoms with Crippen LogP contribution >= 0.6 is 0 Å². The van der Waals surface area contributed by atoms with Crippen molar-refractivity contribution >= 4 is 5.97 Å². The molecule has 2 aromatic rings. The molecule has 3 aliphatic rings. The van der Waals surface area contributed by atoms with Crippen LogP contribution in [0, 0.1) is 0 Å². The summed E-state index contributed by atoms with van der Waals surface area (Å²) in [6.07, 6.45) is 9.12. The standard InChI is InChI=1S/C24H24O4/c1-26-19-11-10-16-7-5-6-13-24-14-12-18(15-20(24)28-22(19)21(16)24)27-23(25)17-8-3-2-4-9-17/h2-4,8-12,14,18,20H,5-7,13,15H2,1H3/t18-,20-,24+/m0/s1. The van der Waals surface area contributed by atoms with Crippen LogP contribution in [0.2, 0.25) is 0 Å². The van der Waals surface area contributed by atoms with Gasteiger partial charge in [0.25, 0.3) is 0 Å². The van der Waals surface area contributed by atoms with E-state index in [0.29, 0.717) is 12.0 Å². The molecule has 2 aliphatic carbocycles. The van der Waals surface area contributed by atoms with Crippen LogP contribution in [0.4, 0.5) is 0 Å². The van der Waals surface area contributed by atoms with E-state index in [4.69, 9.17) is 14.2 Å². The van der Waals surface area contributed by atoms with Crippen molar-refractivity contribution < 1.29 is 19.0 Å². The smallest absolute Gasteiger partial charge is 0.338 e. The Morgan fingerprint density at radius 2 is 2.00 bits per heavy atom. The minimum Gasteiger partial charge on any atom is -0.493 e. The van der Waals surface area contributed by atoms with E-state index in [2.05, 4.69) is 18.2 Å². The third-order valence-electron chi connectivity index (χ3n) is 6.34. The van der Waals surface area contributed by atoms with Gasteiger partial charge in [-0.3, -0.25) is 0 Å². The lowest BCUT2D eigenvalue weighted by atomic mass is 9.69. The van der Waals surface area contributed by atoms with Gasteiger partial charge in [-0.25, -0.2) is 4.79 Å². The first kappa shape index (κ1) is 17.4. The van der Waals surface area contributed by atoms with Crippen LogP contribution in [0.5, 0.6) is 11.5 Å². The Morgan fingerprint density at radius 3 is 2.82 bits per heavy atom. The molecule has 5 rings (SSSR count). The predicted molar refractivity (Wildman–Crippen MR) is 106 cm³/mol. The topological polar surface area (TPSA) is 44.8 Å². The monoisotopic (exact) mass is 376 g/mol. The average Bonchev–Trinajstić information content (AvgIpc) is 2.94. The van der Waals surface area contributed by atoms with Crippen LogP contribution in [0.15, 0.2) is 54.6 Å². The molecule has 1 aliphatic heterocycles. The van der Waals surface area contributed by atoms with Gasteiger partial charge >= 0.3 is 5.97 Å². The van der Waals surface area contributed by atoms with Crippen molar-refractivity contribution in [2.45, 2.75) is 49.7 Å². The third kappa shape index (κ3) is 2.62. The number of ether oxygens (including phenoxy) is 3. The zero-order valence-corrected chi connectivity index (χ0v) is 16.0. The second kappa shape index (κ2) is 6.69. The van der Waals surface area contributed by atoms with Gasteiger partial charge in [0, 0.05) is 12.0 Å². The van der Waals surface area contributed by atoms with Gasteiger partial charge in [-0.2, -0.15) is 0 Å². The van der Waals surface area contributed by atoms with E-state index in [1.165, 1.54) is 17.5 Å².